The zero-order valence-electron chi connectivity index (χ0n) is 12.1. The Kier molecular flexibility index (Phi) is 6.29. The lowest BCUT2D eigenvalue weighted by atomic mass is 10.2. The fraction of sp³-hybridized carbons (Fsp3) is 0.571. The van der Waals surface area contributed by atoms with Gasteiger partial charge in [0.05, 0.1) is 5.69 Å². The number of rotatable bonds is 7. The molecule has 0 spiro atoms. The fourth-order valence-electron chi connectivity index (χ4n) is 1.64. The average Bonchev–Trinajstić information content (AvgIpc) is 2.39. The van der Waals surface area contributed by atoms with Gasteiger partial charge in [0.2, 0.25) is 0 Å². The number of carbonyl (C=O) groups excluding carboxylic acids is 1. The molecule has 1 aromatic rings. The number of hydrogen-bond acceptors (Lipinski definition) is 4. The number of aromatic nitrogens is 1. The third-order valence-corrected chi connectivity index (χ3v) is 2.64. The highest BCUT2D eigenvalue weighted by Crippen LogP contribution is 2.18. The molecule has 0 bridgehead atoms. The highest BCUT2D eigenvalue weighted by atomic mass is 16.5. The second-order valence-corrected chi connectivity index (χ2v) is 4.33. The van der Waals surface area contributed by atoms with Crippen LogP contribution in [0.5, 0.6) is 5.75 Å². The lowest BCUT2D eigenvalue weighted by molar-refractivity contribution is -0.127. The topological polar surface area (TPSA) is 63.3 Å². The van der Waals surface area contributed by atoms with Crippen LogP contribution in [0.2, 0.25) is 0 Å². The van der Waals surface area contributed by atoms with Gasteiger partial charge in [-0.3, -0.25) is 9.78 Å². The van der Waals surface area contributed by atoms with Gasteiger partial charge in [0.15, 0.2) is 6.10 Å². The highest BCUT2D eigenvalue weighted by molar-refractivity contribution is 5.80. The summed E-state index contributed by atoms with van der Waals surface area (Å²) in [5.41, 5.74) is 1.77. The van der Waals surface area contributed by atoms with Crippen molar-refractivity contribution < 1.29 is 9.53 Å². The first-order valence-electron chi connectivity index (χ1n) is 6.70. The van der Waals surface area contributed by atoms with Crippen LogP contribution in [0.15, 0.2) is 12.1 Å². The van der Waals surface area contributed by atoms with Crippen molar-refractivity contribution in [3.05, 3.63) is 23.5 Å². The van der Waals surface area contributed by atoms with Crippen molar-refractivity contribution >= 4 is 5.91 Å². The molecular weight excluding hydrogens is 242 g/mol. The molecule has 5 heteroatoms. The third-order valence-electron chi connectivity index (χ3n) is 2.64. The van der Waals surface area contributed by atoms with Gasteiger partial charge in [-0.05, 0) is 39.4 Å². The maximum absolute atomic E-state index is 11.7. The van der Waals surface area contributed by atoms with Gasteiger partial charge >= 0.3 is 0 Å². The lowest BCUT2D eigenvalue weighted by Gasteiger charge is -2.17. The Morgan fingerprint density at radius 1 is 1.37 bits per heavy atom. The van der Waals surface area contributed by atoms with Gasteiger partial charge < -0.3 is 15.4 Å². The van der Waals surface area contributed by atoms with Crippen LogP contribution < -0.4 is 15.4 Å². The molecule has 0 aliphatic carbocycles. The van der Waals surface area contributed by atoms with E-state index in [0.29, 0.717) is 18.8 Å². The molecule has 0 saturated carbocycles. The van der Waals surface area contributed by atoms with Gasteiger partial charge in [-0.1, -0.05) is 6.92 Å². The SMILES string of the molecule is CCNCc1nc(C)ccc1OC(C)C(=O)NCC. The molecule has 0 radical (unpaired) electrons. The van der Waals surface area contributed by atoms with Crippen LogP contribution in [0, 0.1) is 6.92 Å². The zero-order chi connectivity index (χ0) is 14.3. The van der Waals surface area contributed by atoms with Crippen LogP contribution >= 0.6 is 0 Å². The molecule has 0 aliphatic heterocycles. The molecule has 1 rings (SSSR count). The summed E-state index contributed by atoms with van der Waals surface area (Å²) in [4.78, 5) is 16.1. The summed E-state index contributed by atoms with van der Waals surface area (Å²) in [5, 5.41) is 5.96. The molecule has 0 aromatic carbocycles. The summed E-state index contributed by atoms with van der Waals surface area (Å²) >= 11 is 0. The van der Waals surface area contributed by atoms with Gasteiger partial charge in [0, 0.05) is 18.8 Å². The molecule has 0 fully saturated rings. The summed E-state index contributed by atoms with van der Waals surface area (Å²) in [5.74, 6) is 0.544. The van der Waals surface area contributed by atoms with E-state index in [4.69, 9.17) is 4.74 Å². The molecule has 1 heterocycles. The Labute approximate surface area is 114 Å². The van der Waals surface area contributed by atoms with E-state index in [2.05, 4.69) is 15.6 Å². The maximum Gasteiger partial charge on any atom is 0.260 e. The Morgan fingerprint density at radius 2 is 2.11 bits per heavy atom. The number of carbonyl (C=O) groups is 1. The minimum Gasteiger partial charge on any atom is -0.479 e. The third kappa shape index (κ3) is 4.87. The van der Waals surface area contributed by atoms with Crippen molar-refractivity contribution in [1.29, 1.82) is 0 Å². The van der Waals surface area contributed by atoms with Crippen molar-refractivity contribution in [1.82, 2.24) is 15.6 Å². The number of ether oxygens (including phenoxy) is 1. The lowest BCUT2D eigenvalue weighted by Crippen LogP contribution is -2.36. The summed E-state index contributed by atoms with van der Waals surface area (Å²) < 4.78 is 5.70. The second kappa shape index (κ2) is 7.74. The first kappa shape index (κ1) is 15.4. The number of amides is 1. The molecular formula is C14H23N3O2. The van der Waals surface area contributed by atoms with Crippen molar-refractivity contribution in [2.24, 2.45) is 0 Å². The molecule has 1 unspecified atom stereocenters. The highest BCUT2D eigenvalue weighted by Gasteiger charge is 2.16. The number of nitrogens with one attached hydrogen (secondary N) is 2. The number of pyridine rings is 1. The van der Waals surface area contributed by atoms with E-state index in [9.17, 15) is 4.79 Å². The summed E-state index contributed by atoms with van der Waals surface area (Å²) in [6.45, 7) is 9.69. The van der Waals surface area contributed by atoms with Gasteiger partial charge in [-0.2, -0.15) is 0 Å². The second-order valence-electron chi connectivity index (χ2n) is 4.33. The molecule has 5 nitrogen and oxygen atoms in total. The minimum absolute atomic E-state index is 0.113. The predicted octanol–water partition coefficient (Wildman–Crippen LogP) is 1.40. The normalized spacial score (nSPS) is 12.0. The van der Waals surface area contributed by atoms with E-state index in [1.165, 1.54) is 0 Å². The number of nitrogens with zero attached hydrogens (tertiary/aromatic N) is 1. The Hall–Kier alpha value is -1.62. The monoisotopic (exact) mass is 265 g/mol. The first-order chi connectivity index (χ1) is 9.08. The summed E-state index contributed by atoms with van der Waals surface area (Å²) in [7, 11) is 0. The molecule has 0 saturated heterocycles. The van der Waals surface area contributed by atoms with E-state index < -0.39 is 6.10 Å². The van der Waals surface area contributed by atoms with Gasteiger partial charge in [-0.25, -0.2) is 0 Å². The van der Waals surface area contributed by atoms with E-state index in [0.717, 1.165) is 17.9 Å². The summed E-state index contributed by atoms with van der Waals surface area (Å²) in [6.07, 6.45) is -0.523. The molecule has 19 heavy (non-hydrogen) atoms. The van der Waals surface area contributed by atoms with Crippen LogP contribution in [-0.2, 0) is 11.3 Å². The molecule has 2 N–H and O–H groups in total. The van der Waals surface area contributed by atoms with Crippen molar-refractivity contribution in [2.45, 2.75) is 40.3 Å². The predicted molar refractivity (Wildman–Crippen MR) is 75.1 cm³/mol. The molecule has 0 aliphatic rings. The largest absolute Gasteiger partial charge is 0.479 e. The molecule has 106 valence electrons. The van der Waals surface area contributed by atoms with E-state index in [-0.39, 0.29) is 5.91 Å². The van der Waals surface area contributed by atoms with Crippen molar-refractivity contribution in [3.8, 4) is 5.75 Å². The average molecular weight is 265 g/mol. The van der Waals surface area contributed by atoms with Crippen LogP contribution in [0.25, 0.3) is 0 Å². The van der Waals surface area contributed by atoms with Gasteiger partial charge in [-0.15, -0.1) is 0 Å². The summed E-state index contributed by atoms with van der Waals surface area (Å²) in [6, 6.07) is 3.75. The van der Waals surface area contributed by atoms with Gasteiger partial charge in [0.1, 0.15) is 5.75 Å². The van der Waals surface area contributed by atoms with Crippen LogP contribution in [-0.4, -0.2) is 30.1 Å². The van der Waals surface area contributed by atoms with Crippen LogP contribution in [0.1, 0.15) is 32.2 Å². The maximum atomic E-state index is 11.7. The molecule has 1 aromatic heterocycles. The Morgan fingerprint density at radius 3 is 2.74 bits per heavy atom. The quantitative estimate of drug-likeness (QED) is 0.782. The van der Waals surface area contributed by atoms with Crippen LogP contribution in [0.3, 0.4) is 0 Å². The van der Waals surface area contributed by atoms with Crippen molar-refractivity contribution in [3.63, 3.8) is 0 Å². The smallest absolute Gasteiger partial charge is 0.260 e. The van der Waals surface area contributed by atoms with E-state index >= 15 is 0 Å². The standard InChI is InChI=1S/C14H23N3O2/c1-5-15-9-12-13(8-7-10(3)17-12)19-11(4)14(18)16-6-2/h7-8,11,15H,5-6,9H2,1-4H3,(H,16,18). The number of likely N-dealkylation sites (N-methyl/N-ethyl adjacent to an activating group) is 1. The molecule has 1 amide bonds. The van der Waals surface area contributed by atoms with Crippen LogP contribution in [0.4, 0.5) is 0 Å². The number of hydrogen-bond donors (Lipinski definition) is 2. The Balaban J connectivity index is 2.78. The fourth-order valence-corrected chi connectivity index (χ4v) is 1.64. The zero-order valence-corrected chi connectivity index (χ0v) is 12.1. The Bertz CT molecular complexity index is 421. The minimum atomic E-state index is -0.523. The number of aryl methyl sites for hydroxylation is 1. The van der Waals surface area contributed by atoms with Gasteiger partial charge in [0.25, 0.3) is 5.91 Å². The van der Waals surface area contributed by atoms with E-state index in [1.54, 1.807) is 6.92 Å². The van der Waals surface area contributed by atoms with E-state index in [1.807, 2.05) is 32.9 Å². The first-order valence-corrected chi connectivity index (χ1v) is 6.70. The molecule has 1 atom stereocenters. The van der Waals surface area contributed by atoms with Crippen molar-refractivity contribution in [2.75, 3.05) is 13.1 Å².